The van der Waals surface area contributed by atoms with Crippen molar-refractivity contribution in [3.05, 3.63) is 30.3 Å². The number of hydrogen-bond acceptors (Lipinski definition) is 3. The minimum atomic E-state index is -0.688. The molecule has 0 saturated carbocycles. The van der Waals surface area contributed by atoms with Crippen molar-refractivity contribution in [1.82, 2.24) is 0 Å². The standard InChI is InChI=1S/C12H18O3/c1-3-12(13)14-9-10(2)15-11-7-5-4-6-8-11/h4-8,10,12-13H,3,9H2,1-2H3/t10-,12+/m1/s1. The van der Waals surface area contributed by atoms with E-state index in [0.29, 0.717) is 13.0 Å². The van der Waals surface area contributed by atoms with Gasteiger partial charge in [-0.15, -0.1) is 0 Å². The van der Waals surface area contributed by atoms with Gasteiger partial charge in [-0.1, -0.05) is 25.1 Å². The molecule has 0 aliphatic carbocycles. The molecule has 0 radical (unpaired) electrons. The van der Waals surface area contributed by atoms with E-state index in [0.717, 1.165) is 5.75 Å². The first-order valence-electron chi connectivity index (χ1n) is 5.23. The lowest BCUT2D eigenvalue weighted by atomic mass is 10.3. The molecular weight excluding hydrogens is 192 g/mol. The summed E-state index contributed by atoms with van der Waals surface area (Å²) in [7, 11) is 0. The largest absolute Gasteiger partial charge is 0.488 e. The lowest BCUT2D eigenvalue weighted by Crippen LogP contribution is -2.23. The molecule has 1 aromatic carbocycles. The first-order valence-corrected chi connectivity index (χ1v) is 5.23. The van der Waals surface area contributed by atoms with Crippen molar-refractivity contribution in [1.29, 1.82) is 0 Å². The van der Waals surface area contributed by atoms with Crippen LogP contribution in [0.3, 0.4) is 0 Å². The van der Waals surface area contributed by atoms with Gasteiger partial charge in [-0.2, -0.15) is 0 Å². The van der Waals surface area contributed by atoms with E-state index in [1.54, 1.807) is 0 Å². The summed E-state index contributed by atoms with van der Waals surface area (Å²) in [5.74, 6) is 0.819. The SMILES string of the molecule is CC[C@@H](O)OC[C@@H](C)Oc1ccccc1. The molecule has 0 spiro atoms. The minimum Gasteiger partial charge on any atom is -0.488 e. The van der Waals surface area contributed by atoms with Gasteiger partial charge in [0.25, 0.3) is 0 Å². The summed E-state index contributed by atoms with van der Waals surface area (Å²) in [6, 6.07) is 9.57. The highest BCUT2D eigenvalue weighted by Gasteiger charge is 2.07. The first-order chi connectivity index (χ1) is 7.22. The van der Waals surface area contributed by atoms with E-state index < -0.39 is 6.29 Å². The van der Waals surface area contributed by atoms with Gasteiger partial charge >= 0.3 is 0 Å². The predicted octanol–water partition coefficient (Wildman–Crippen LogP) is 2.20. The molecule has 2 atom stereocenters. The van der Waals surface area contributed by atoms with Crippen molar-refractivity contribution in [2.75, 3.05) is 6.61 Å². The number of benzene rings is 1. The Balaban J connectivity index is 2.27. The van der Waals surface area contributed by atoms with Gasteiger partial charge in [0.05, 0.1) is 6.61 Å². The van der Waals surface area contributed by atoms with Crippen LogP contribution in [0.5, 0.6) is 5.75 Å². The zero-order chi connectivity index (χ0) is 11.1. The third kappa shape index (κ3) is 4.81. The van der Waals surface area contributed by atoms with Crippen LogP contribution in [-0.2, 0) is 4.74 Å². The van der Waals surface area contributed by atoms with Gasteiger partial charge in [0.1, 0.15) is 11.9 Å². The molecule has 84 valence electrons. The summed E-state index contributed by atoms with van der Waals surface area (Å²) in [5.41, 5.74) is 0. The summed E-state index contributed by atoms with van der Waals surface area (Å²) in [4.78, 5) is 0. The van der Waals surface area contributed by atoms with Crippen molar-refractivity contribution in [3.63, 3.8) is 0 Å². The van der Waals surface area contributed by atoms with Crippen LogP contribution >= 0.6 is 0 Å². The highest BCUT2D eigenvalue weighted by molar-refractivity contribution is 5.21. The molecule has 1 rings (SSSR count). The van der Waals surface area contributed by atoms with Gasteiger partial charge in [0.2, 0.25) is 0 Å². The van der Waals surface area contributed by atoms with E-state index in [9.17, 15) is 5.11 Å². The highest BCUT2D eigenvalue weighted by atomic mass is 16.6. The summed E-state index contributed by atoms with van der Waals surface area (Å²) >= 11 is 0. The van der Waals surface area contributed by atoms with Gasteiger partial charge < -0.3 is 14.6 Å². The quantitative estimate of drug-likeness (QED) is 0.731. The van der Waals surface area contributed by atoms with E-state index in [4.69, 9.17) is 9.47 Å². The van der Waals surface area contributed by atoms with E-state index in [2.05, 4.69) is 0 Å². The molecule has 1 N–H and O–H groups in total. The van der Waals surface area contributed by atoms with Crippen molar-refractivity contribution >= 4 is 0 Å². The second-order valence-electron chi connectivity index (χ2n) is 3.44. The number of para-hydroxylation sites is 1. The van der Waals surface area contributed by atoms with Crippen LogP contribution in [-0.4, -0.2) is 24.1 Å². The molecule has 3 heteroatoms. The van der Waals surface area contributed by atoms with Crippen LogP contribution in [0.4, 0.5) is 0 Å². The summed E-state index contributed by atoms with van der Waals surface area (Å²) in [6.45, 7) is 4.17. The fourth-order valence-electron chi connectivity index (χ4n) is 1.13. The molecule has 0 aliphatic heterocycles. The van der Waals surface area contributed by atoms with Crippen LogP contribution in [0.15, 0.2) is 30.3 Å². The molecule has 0 heterocycles. The van der Waals surface area contributed by atoms with Crippen molar-refractivity contribution < 1.29 is 14.6 Å². The summed E-state index contributed by atoms with van der Waals surface area (Å²) < 4.78 is 10.7. The van der Waals surface area contributed by atoms with Gasteiger partial charge in [0.15, 0.2) is 6.29 Å². The number of hydrogen-bond donors (Lipinski definition) is 1. The lowest BCUT2D eigenvalue weighted by molar-refractivity contribution is -0.116. The van der Waals surface area contributed by atoms with E-state index in [1.165, 1.54) is 0 Å². The maximum Gasteiger partial charge on any atom is 0.154 e. The molecule has 0 amide bonds. The smallest absolute Gasteiger partial charge is 0.154 e. The Morgan fingerprint density at radius 2 is 1.93 bits per heavy atom. The third-order valence-corrected chi connectivity index (χ3v) is 1.95. The van der Waals surface area contributed by atoms with Crippen LogP contribution < -0.4 is 4.74 Å². The fraction of sp³-hybridized carbons (Fsp3) is 0.500. The molecular formula is C12H18O3. The first kappa shape index (κ1) is 12.0. The van der Waals surface area contributed by atoms with Gasteiger partial charge in [-0.25, -0.2) is 0 Å². The number of aliphatic hydroxyl groups excluding tert-OH is 1. The Bertz CT molecular complexity index is 261. The fourth-order valence-corrected chi connectivity index (χ4v) is 1.13. The second kappa shape index (κ2) is 6.43. The van der Waals surface area contributed by atoms with Crippen molar-refractivity contribution in [2.45, 2.75) is 32.7 Å². The van der Waals surface area contributed by atoms with Crippen LogP contribution in [0.1, 0.15) is 20.3 Å². The summed E-state index contributed by atoms with van der Waals surface area (Å²) in [5, 5.41) is 9.20. The predicted molar refractivity (Wildman–Crippen MR) is 58.8 cm³/mol. The van der Waals surface area contributed by atoms with E-state index in [1.807, 2.05) is 44.2 Å². The molecule has 3 nitrogen and oxygen atoms in total. The molecule has 0 aliphatic rings. The number of rotatable bonds is 6. The molecule has 0 unspecified atom stereocenters. The monoisotopic (exact) mass is 210 g/mol. The zero-order valence-corrected chi connectivity index (χ0v) is 9.22. The average Bonchev–Trinajstić information content (AvgIpc) is 2.27. The van der Waals surface area contributed by atoms with Gasteiger partial charge in [-0.3, -0.25) is 0 Å². The minimum absolute atomic E-state index is 0.0615. The number of ether oxygens (including phenoxy) is 2. The third-order valence-electron chi connectivity index (χ3n) is 1.95. The molecule has 0 fully saturated rings. The van der Waals surface area contributed by atoms with Crippen molar-refractivity contribution in [2.24, 2.45) is 0 Å². The molecule has 0 saturated heterocycles. The maximum absolute atomic E-state index is 9.20. The lowest BCUT2D eigenvalue weighted by Gasteiger charge is -2.16. The summed E-state index contributed by atoms with van der Waals surface area (Å²) in [6.07, 6.45) is -0.154. The van der Waals surface area contributed by atoms with E-state index >= 15 is 0 Å². The average molecular weight is 210 g/mol. The van der Waals surface area contributed by atoms with E-state index in [-0.39, 0.29) is 6.10 Å². The second-order valence-corrected chi connectivity index (χ2v) is 3.44. The topological polar surface area (TPSA) is 38.7 Å². The van der Waals surface area contributed by atoms with Crippen LogP contribution in [0.2, 0.25) is 0 Å². The molecule has 15 heavy (non-hydrogen) atoms. The number of aliphatic hydroxyl groups is 1. The van der Waals surface area contributed by atoms with Crippen LogP contribution in [0, 0.1) is 0 Å². The van der Waals surface area contributed by atoms with Crippen molar-refractivity contribution in [3.8, 4) is 5.75 Å². The molecule has 1 aromatic rings. The zero-order valence-electron chi connectivity index (χ0n) is 9.22. The Morgan fingerprint density at radius 3 is 2.53 bits per heavy atom. The van der Waals surface area contributed by atoms with Gasteiger partial charge in [0, 0.05) is 0 Å². The molecule has 0 bridgehead atoms. The van der Waals surface area contributed by atoms with Gasteiger partial charge in [-0.05, 0) is 25.5 Å². The molecule has 0 aromatic heterocycles. The Hall–Kier alpha value is -1.06. The highest BCUT2D eigenvalue weighted by Crippen LogP contribution is 2.11. The maximum atomic E-state index is 9.20. The van der Waals surface area contributed by atoms with Crippen LogP contribution in [0.25, 0.3) is 0 Å². The normalized spacial score (nSPS) is 14.6. The Labute approximate surface area is 90.6 Å². The Morgan fingerprint density at radius 1 is 1.27 bits per heavy atom. The Kier molecular flexibility index (Phi) is 5.15.